The van der Waals surface area contributed by atoms with Crippen LogP contribution in [0.3, 0.4) is 0 Å². The number of rotatable bonds is 3. The number of phenols is 1. The van der Waals surface area contributed by atoms with Crippen molar-refractivity contribution in [3.8, 4) is 5.75 Å². The summed E-state index contributed by atoms with van der Waals surface area (Å²) < 4.78 is 0.951. The zero-order chi connectivity index (χ0) is 11.4. The summed E-state index contributed by atoms with van der Waals surface area (Å²) in [5.41, 5.74) is 3.11. The number of aryl methyl sites for hydroxylation is 2. The first-order chi connectivity index (χ1) is 7.00. The standard InChI is InChI=1S/C11H14OS3/c1-7-4-10(5-8(2)11(7)12)6-14-15-9(3)13/h4-5,12H,6H2,1-3H3. The number of benzene rings is 1. The quantitative estimate of drug-likeness (QED) is 0.646. The monoisotopic (exact) mass is 258 g/mol. The molecule has 0 heterocycles. The van der Waals surface area contributed by atoms with Crippen molar-refractivity contribution in [3.05, 3.63) is 28.8 Å². The highest BCUT2D eigenvalue weighted by atomic mass is 33.1. The number of phenolic OH excluding ortho intramolecular Hbond substituents is 1. The maximum atomic E-state index is 9.61. The Kier molecular flexibility index (Phi) is 4.96. The number of hydrogen-bond donors (Lipinski definition) is 1. The average Bonchev–Trinajstić information content (AvgIpc) is 2.13. The van der Waals surface area contributed by atoms with Crippen molar-refractivity contribution >= 4 is 38.0 Å². The van der Waals surface area contributed by atoms with E-state index in [2.05, 4.69) is 0 Å². The predicted molar refractivity (Wildman–Crippen MR) is 74.7 cm³/mol. The lowest BCUT2D eigenvalue weighted by Gasteiger charge is -2.07. The van der Waals surface area contributed by atoms with Crippen LogP contribution in [0.1, 0.15) is 23.6 Å². The molecular formula is C11H14OS3. The molecule has 0 aliphatic heterocycles. The summed E-state index contributed by atoms with van der Waals surface area (Å²) in [4.78, 5) is 0. The fourth-order valence-electron chi connectivity index (χ4n) is 1.31. The van der Waals surface area contributed by atoms with Crippen LogP contribution in [0.2, 0.25) is 0 Å². The minimum absolute atomic E-state index is 0.405. The summed E-state index contributed by atoms with van der Waals surface area (Å²) >= 11 is 4.99. The Bertz CT molecular complexity index is 351. The van der Waals surface area contributed by atoms with E-state index in [1.807, 2.05) is 32.9 Å². The topological polar surface area (TPSA) is 20.2 Å². The van der Waals surface area contributed by atoms with E-state index < -0.39 is 0 Å². The van der Waals surface area contributed by atoms with Gasteiger partial charge in [0.1, 0.15) is 5.75 Å². The van der Waals surface area contributed by atoms with Gasteiger partial charge in [0, 0.05) is 5.75 Å². The van der Waals surface area contributed by atoms with Crippen LogP contribution in [0, 0.1) is 13.8 Å². The highest BCUT2D eigenvalue weighted by Gasteiger charge is 2.03. The van der Waals surface area contributed by atoms with Crippen LogP contribution < -0.4 is 0 Å². The van der Waals surface area contributed by atoms with Gasteiger partial charge in [-0.05, 0) is 37.5 Å². The number of hydrogen-bond acceptors (Lipinski definition) is 4. The Morgan fingerprint density at radius 3 is 2.33 bits per heavy atom. The normalized spacial score (nSPS) is 10.3. The molecule has 1 aromatic carbocycles. The van der Waals surface area contributed by atoms with Crippen LogP contribution in [0.5, 0.6) is 5.75 Å². The highest BCUT2D eigenvalue weighted by molar-refractivity contribution is 8.83. The van der Waals surface area contributed by atoms with Gasteiger partial charge in [0.05, 0.1) is 4.20 Å². The van der Waals surface area contributed by atoms with E-state index in [-0.39, 0.29) is 0 Å². The second-order valence-corrected chi connectivity index (χ2v) is 6.80. The van der Waals surface area contributed by atoms with Gasteiger partial charge in [0.2, 0.25) is 0 Å². The Morgan fingerprint density at radius 1 is 1.33 bits per heavy atom. The largest absolute Gasteiger partial charge is 0.507 e. The average molecular weight is 258 g/mol. The number of thiocarbonyl (C=S) groups is 1. The Hall–Kier alpha value is -0.190. The second kappa shape index (κ2) is 5.77. The van der Waals surface area contributed by atoms with E-state index in [0.717, 1.165) is 21.1 Å². The fourth-order valence-corrected chi connectivity index (χ4v) is 3.35. The van der Waals surface area contributed by atoms with E-state index in [9.17, 15) is 5.11 Å². The molecule has 82 valence electrons. The third-order valence-corrected chi connectivity index (χ3v) is 4.78. The van der Waals surface area contributed by atoms with Crippen molar-refractivity contribution in [3.63, 3.8) is 0 Å². The zero-order valence-electron chi connectivity index (χ0n) is 9.03. The second-order valence-electron chi connectivity index (χ2n) is 3.42. The first-order valence-corrected chi connectivity index (χ1v) is 7.32. The van der Waals surface area contributed by atoms with Crippen LogP contribution >= 0.6 is 33.8 Å². The van der Waals surface area contributed by atoms with Crippen molar-refractivity contribution in [2.75, 3.05) is 0 Å². The molecule has 1 rings (SSSR count). The molecule has 0 aliphatic rings. The Labute approximate surface area is 104 Å². The maximum Gasteiger partial charge on any atom is 0.121 e. The molecule has 0 saturated carbocycles. The lowest BCUT2D eigenvalue weighted by Crippen LogP contribution is -1.86. The minimum atomic E-state index is 0.405. The van der Waals surface area contributed by atoms with Crippen molar-refractivity contribution in [2.24, 2.45) is 0 Å². The van der Waals surface area contributed by atoms with E-state index >= 15 is 0 Å². The molecular weight excluding hydrogens is 244 g/mol. The fraction of sp³-hybridized carbons (Fsp3) is 0.364. The summed E-state index contributed by atoms with van der Waals surface area (Å²) in [5, 5.41) is 9.61. The Balaban J connectivity index is 2.66. The van der Waals surface area contributed by atoms with Gasteiger partial charge in [-0.25, -0.2) is 0 Å². The first kappa shape index (κ1) is 12.9. The molecule has 0 spiro atoms. The van der Waals surface area contributed by atoms with Crippen LogP contribution in [-0.2, 0) is 5.75 Å². The van der Waals surface area contributed by atoms with Gasteiger partial charge in [-0.1, -0.05) is 45.9 Å². The molecule has 0 unspecified atom stereocenters. The molecule has 0 aromatic heterocycles. The molecule has 1 aromatic rings. The summed E-state index contributed by atoms with van der Waals surface area (Å²) in [6, 6.07) is 4.04. The third kappa shape index (κ3) is 4.05. The van der Waals surface area contributed by atoms with Gasteiger partial charge in [-0.15, -0.1) is 0 Å². The molecule has 0 saturated heterocycles. The van der Waals surface area contributed by atoms with Crippen molar-refractivity contribution < 1.29 is 5.11 Å². The van der Waals surface area contributed by atoms with Crippen molar-refractivity contribution in [1.82, 2.24) is 0 Å². The van der Waals surface area contributed by atoms with Gasteiger partial charge >= 0.3 is 0 Å². The van der Waals surface area contributed by atoms with Crippen LogP contribution in [0.25, 0.3) is 0 Å². The molecule has 0 atom stereocenters. The highest BCUT2D eigenvalue weighted by Crippen LogP contribution is 2.30. The van der Waals surface area contributed by atoms with Crippen molar-refractivity contribution in [2.45, 2.75) is 26.5 Å². The predicted octanol–water partition coefficient (Wildman–Crippen LogP) is 4.24. The van der Waals surface area contributed by atoms with E-state index in [4.69, 9.17) is 12.2 Å². The SMILES string of the molecule is CC(=S)SSCc1cc(C)c(O)c(C)c1. The zero-order valence-corrected chi connectivity index (χ0v) is 11.5. The van der Waals surface area contributed by atoms with Gasteiger partial charge in [0.15, 0.2) is 0 Å². The van der Waals surface area contributed by atoms with Crippen LogP contribution in [-0.4, -0.2) is 9.30 Å². The molecule has 1 nitrogen and oxygen atoms in total. The molecule has 4 heteroatoms. The minimum Gasteiger partial charge on any atom is -0.507 e. The lowest BCUT2D eigenvalue weighted by molar-refractivity contribution is 0.466. The van der Waals surface area contributed by atoms with Gasteiger partial charge in [-0.2, -0.15) is 0 Å². The maximum absolute atomic E-state index is 9.61. The van der Waals surface area contributed by atoms with Gasteiger partial charge in [-0.3, -0.25) is 0 Å². The smallest absolute Gasteiger partial charge is 0.121 e. The molecule has 0 bridgehead atoms. The van der Waals surface area contributed by atoms with Crippen LogP contribution in [0.4, 0.5) is 0 Å². The van der Waals surface area contributed by atoms with Crippen LogP contribution in [0.15, 0.2) is 12.1 Å². The number of aromatic hydroxyl groups is 1. The summed E-state index contributed by atoms with van der Waals surface area (Å²) in [6.45, 7) is 5.78. The van der Waals surface area contributed by atoms with E-state index in [1.54, 1.807) is 21.6 Å². The molecule has 0 amide bonds. The molecule has 0 aliphatic carbocycles. The first-order valence-electron chi connectivity index (χ1n) is 4.60. The van der Waals surface area contributed by atoms with Gasteiger partial charge in [0.25, 0.3) is 0 Å². The summed E-state index contributed by atoms with van der Waals surface area (Å²) in [7, 11) is 3.36. The third-order valence-electron chi connectivity index (χ3n) is 1.95. The molecule has 15 heavy (non-hydrogen) atoms. The van der Waals surface area contributed by atoms with Crippen molar-refractivity contribution in [1.29, 1.82) is 0 Å². The lowest BCUT2D eigenvalue weighted by atomic mass is 10.1. The summed E-state index contributed by atoms with van der Waals surface area (Å²) in [6.07, 6.45) is 0. The molecule has 0 radical (unpaired) electrons. The van der Waals surface area contributed by atoms with E-state index in [1.165, 1.54) is 5.56 Å². The molecule has 1 N–H and O–H groups in total. The summed E-state index contributed by atoms with van der Waals surface area (Å²) in [5.74, 6) is 1.32. The molecule has 0 fully saturated rings. The van der Waals surface area contributed by atoms with Gasteiger partial charge < -0.3 is 5.11 Å². The van der Waals surface area contributed by atoms with E-state index in [0.29, 0.717) is 5.75 Å². The Morgan fingerprint density at radius 2 is 1.87 bits per heavy atom.